The standard InChI is InChI=1S/C28H33NO6S/c1-2-36(30,31)29-28-27(34-20-24-16-10-5-11-17-24)26(33-19-23-14-8-4-9-15-23)25(35-28)21-32-18-22-12-6-3-7-13-22/h3-17,25-29H,2,18-21H2,1H3/t25-,26-,27-,28-/m1/s1. The first kappa shape index (κ1) is 26.5. The minimum Gasteiger partial charge on any atom is -0.374 e. The molecule has 1 heterocycles. The Bertz CT molecular complexity index is 1140. The molecule has 4 atom stereocenters. The zero-order valence-corrected chi connectivity index (χ0v) is 21.2. The van der Waals surface area contributed by atoms with Crippen LogP contribution in [0.3, 0.4) is 0 Å². The molecule has 0 radical (unpaired) electrons. The third kappa shape index (κ3) is 7.70. The van der Waals surface area contributed by atoms with Gasteiger partial charge in [0.15, 0.2) is 6.23 Å². The minimum absolute atomic E-state index is 0.0665. The highest BCUT2D eigenvalue weighted by Crippen LogP contribution is 2.28. The summed E-state index contributed by atoms with van der Waals surface area (Å²) in [5.74, 6) is -0.0665. The number of nitrogens with one attached hydrogen (secondary N) is 1. The fourth-order valence-electron chi connectivity index (χ4n) is 4.00. The van der Waals surface area contributed by atoms with Crippen LogP contribution in [0.4, 0.5) is 0 Å². The zero-order valence-electron chi connectivity index (χ0n) is 20.4. The summed E-state index contributed by atoms with van der Waals surface area (Å²) in [5, 5.41) is 0. The molecule has 36 heavy (non-hydrogen) atoms. The number of hydrogen-bond donors (Lipinski definition) is 1. The van der Waals surface area contributed by atoms with Gasteiger partial charge in [-0.2, -0.15) is 4.72 Å². The molecule has 4 rings (SSSR count). The first-order valence-electron chi connectivity index (χ1n) is 12.1. The summed E-state index contributed by atoms with van der Waals surface area (Å²) in [6, 6.07) is 29.4. The largest absolute Gasteiger partial charge is 0.374 e. The Labute approximate surface area is 213 Å². The first-order valence-corrected chi connectivity index (χ1v) is 13.8. The van der Waals surface area contributed by atoms with Gasteiger partial charge in [0.05, 0.1) is 32.2 Å². The highest BCUT2D eigenvalue weighted by molar-refractivity contribution is 7.89. The summed E-state index contributed by atoms with van der Waals surface area (Å²) in [5.41, 5.74) is 3.01. The van der Waals surface area contributed by atoms with E-state index in [4.69, 9.17) is 18.9 Å². The van der Waals surface area contributed by atoms with Gasteiger partial charge in [-0.1, -0.05) is 91.0 Å². The lowest BCUT2D eigenvalue weighted by Gasteiger charge is -2.25. The molecule has 0 saturated carbocycles. The number of benzene rings is 3. The normalized spacial score (nSPS) is 22.0. The quantitative estimate of drug-likeness (QED) is 0.373. The fourth-order valence-corrected chi connectivity index (χ4v) is 4.71. The maximum atomic E-state index is 12.4. The summed E-state index contributed by atoms with van der Waals surface area (Å²) in [7, 11) is -3.55. The van der Waals surface area contributed by atoms with E-state index < -0.39 is 34.6 Å². The minimum atomic E-state index is -3.55. The molecule has 0 spiro atoms. The van der Waals surface area contributed by atoms with Crippen molar-refractivity contribution in [1.82, 2.24) is 4.72 Å². The summed E-state index contributed by atoms with van der Waals surface area (Å²) in [4.78, 5) is 0. The van der Waals surface area contributed by atoms with E-state index in [0.717, 1.165) is 16.7 Å². The van der Waals surface area contributed by atoms with Crippen LogP contribution in [0.5, 0.6) is 0 Å². The molecule has 0 aliphatic carbocycles. The SMILES string of the molecule is CCS(=O)(=O)N[C@@H]1O[C@H](COCc2ccccc2)[C@@H](OCc2ccccc2)[C@H]1OCc1ccccc1. The first-order chi connectivity index (χ1) is 17.5. The highest BCUT2D eigenvalue weighted by atomic mass is 32.2. The van der Waals surface area contributed by atoms with Gasteiger partial charge in [-0.3, -0.25) is 0 Å². The topological polar surface area (TPSA) is 83.1 Å². The van der Waals surface area contributed by atoms with E-state index >= 15 is 0 Å². The summed E-state index contributed by atoms with van der Waals surface area (Å²) < 4.78 is 52.3. The van der Waals surface area contributed by atoms with Crippen molar-refractivity contribution >= 4 is 10.0 Å². The van der Waals surface area contributed by atoms with Crippen molar-refractivity contribution in [1.29, 1.82) is 0 Å². The molecule has 192 valence electrons. The second-order valence-electron chi connectivity index (χ2n) is 8.64. The van der Waals surface area contributed by atoms with E-state index in [-0.39, 0.29) is 12.4 Å². The predicted molar refractivity (Wildman–Crippen MR) is 137 cm³/mol. The van der Waals surface area contributed by atoms with Crippen LogP contribution >= 0.6 is 0 Å². The summed E-state index contributed by atoms with van der Waals surface area (Å²) >= 11 is 0. The average molecular weight is 512 g/mol. The molecule has 3 aromatic rings. The molecule has 0 unspecified atom stereocenters. The van der Waals surface area contributed by atoms with Gasteiger partial charge in [0.1, 0.15) is 18.3 Å². The van der Waals surface area contributed by atoms with Crippen LogP contribution in [0.2, 0.25) is 0 Å². The van der Waals surface area contributed by atoms with Crippen molar-refractivity contribution in [2.45, 2.75) is 51.3 Å². The lowest BCUT2D eigenvalue weighted by atomic mass is 10.1. The third-order valence-electron chi connectivity index (χ3n) is 5.95. The molecule has 1 aliphatic rings. The van der Waals surface area contributed by atoms with E-state index in [2.05, 4.69) is 4.72 Å². The van der Waals surface area contributed by atoms with Gasteiger partial charge in [-0.05, 0) is 23.6 Å². The smallest absolute Gasteiger partial charge is 0.213 e. The number of rotatable bonds is 13. The lowest BCUT2D eigenvalue weighted by Crippen LogP contribution is -2.46. The van der Waals surface area contributed by atoms with Crippen molar-refractivity contribution < 1.29 is 27.4 Å². The highest BCUT2D eigenvalue weighted by Gasteiger charge is 2.47. The maximum absolute atomic E-state index is 12.4. The molecule has 1 saturated heterocycles. The van der Waals surface area contributed by atoms with Gasteiger partial charge in [0, 0.05) is 0 Å². The zero-order chi connectivity index (χ0) is 25.2. The number of sulfonamides is 1. The molecule has 1 fully saturated rings. The average Bonchev–Trinajstić information content (AvgIpc) is 3.23. The molecule has 1 aliphatic heterocycles. The van der Waals surface area contributed by atoms with Crippen molar-refractivity contribution in [3.8, 4) is 0 Å². The molecule has 0 amide bonds. The molecule has 0 aromatic heterocycles. The number of hydrogen-bond acceptors (Lipinski definition) is 6. The Kier molecular flexibility index (Phi) is 9.63. The molecule has 1 N–H and O–H groups in total. The van der Waals surface area contributed by atoms with Crippen LogP contribution in [0, 0.1) is 0 Å². The summed E-state index contributed by atoms with van der Waals surface area (Å²) in [6.45, 7) is 2.85. The Morgan fingerprint density at radius 2 is 1.19 bits per heavy atom. The van der Waals surface area contributed by atoms with Crippen LogP contribution < -0.4 is 4.72 Å². The van der Waals surface area contributed by atoms with Crippen LogP contribution in [0.25, 0.3) is 0 Å². The second kappa shape index (κ2) is 13.1. The van der Waals surface area contributed by atoms with Crippen molar-refractivity contribution in [3.05, 3.63) is 108 Å². The Morgan fingerprint density at radius 3 is 1.69 bits per heavy atom. The maximum Gasteiger partial charge on any atom is 0.213 e. The van der Waals surface area contributed by atoms with Crippen molar-refractivity contribution in [3.63, 3.8) is 0 Å². The molecule has 3 aromatic carbocycles. The van der Waals surface area contributed by atoms with Crippen LogP contribution in [0.15, 0.2) is 91.0 Å². The van der Waals surface area contributed by atoms with Gasteiger partial charge in [0.2, 0.25) is 10.0 Å². The van der Waals surface area contributed by atoms with Crippen molar-refractivity contribution in [2.24, 2.45) is 0 Å². The van der Waals surface area contributed by atoms with E-state index in [0.29, 0.717) is 19.8 Å². The molecular formula is C28H33NO6S. The van der Waals surface area contributed by atoms with Gasteiger partial charge < -0.3 is 18.9 Å². The van der Waals surface area contributed by atoms with E-state index in [1.54, 1.807) is 6.92 Å². The third-order valence-corrected chi connectivity index (χ3v) is 7.30. The monoisotopic (exact) mass is 511 g/mol. The molecular weight excluding hydrogens is 478 g/mol. The molecule has 7 nitrogen and oxygen atoms in total. The van der Waals surface area contributed by atoms with Crippen LogP contribution in [-0.4, -0.2) is 45.3 Å². The Hall–Kier alpha value is -2.59. The Morgan fingerprint density at radius 1 is 0.722 bits per heavy atom. The predicted octanol–water partition coefficient (Wildman–Crippen LogP) is 4.04. The van der Waals surface area contributed by atoms with Gasteiger partial charge in [-0.15, -0.1) is 0 Å². The second-order valence-corrected chi connectivity index (χ2v) is 10.7. The fraction of sp³-hybridized carbons (Fsp3) is 0.357. The Balaban J connectivity index is 1.51. The summed E-state index contributed by atoms with van der Waals surface area (Å²) in [6.07, 6.45) is -2.64. The van der Waals surface area contributed by atoms with Crippen LogP contribution in [0.1, 0.15) is 23.6 Å². The van der Waals surface area contributed by atoms with Gasteiger partial charge >= 0.3 is 0 Å². The van der Waals surface area contributed by atoms with E-state index in [9.17, 15) is 8.42 Å². The van der Waals surface area contributed by atoms with E-state index in [1.807, 2.05) is 91.0 Å². The van der Waals surface area contributed by atoms with E-state index in [1.165, 1.54) is 0 Å². The van der Waals surface area contributed by atoms with Crippen LogP contribution in [-0.2, 0) is 48.8 Å². The lowest BCUT2D eigenvalue weighted by molar-refractivity contribution is -0.0898. The van der Waals surface area contributed by atoms with Crippen molar-refractivity contribution in [2.75, 3.05) is 12.4 Å². The molecule has 8 heteroatoms. The molecule has 0 bridgehead atoms. The number of ether oxygens (including phenoxy) is 4. The van der Waals surface area contributed by atoms with Gasteiger partial charge in [-0.25, -0.2) is 8.42 Å². The van der Waals surface area contributed by atoms with Gasteiger partial charge in [0.25, 0.3) is 0 Å².